The molecule has 1 aromatic heterocycles. The van der Waals surface area contributed by atoms with Gasteiger partial charge < -0.3 is 9.88 Å². The molecule has 1 aliphatic rings. The molecular weight excluding hydrogens is 188 g/mol. The van der Waals surface area contributed by atoms with E-state index in [2.05, 4.69) is 29.1 Å². The molecule has 0 aromatic carbocycles. The standard InChI is InChI=1S/C8H10N2S2/c1-2-10-4-3-7-6(5-10)9-8(11)12-7/h3-4H,2,5H2,1H3,(H,9,11). The molecule has 2 rings (SSSR count). The SMILES string of the molecule is CCN1C=Cc2sc(=S)[nH]c2C1. The quantitative estimate of drug-likeness (QED) is 0.699. The second-order valence-electron chi connectivity index (χ2n) is 2.74. The summed E-state index contributed by atoms with van der Waals surface area (Å²) in [6.45, 7) is 4.16. The van der Waals surface area contributed by atoms with Crippen molar-refractivity contribution in [3.63, 3.8) is 0 Å². The minimum atomic E-state index is 0.877. The van der Waals surface area contributed by atoms with Crippen molar-refractivity contribution >= 4 is 29.6 Å². The number of hydrogen-bond acceptors (Lipinski definition) is 3. The van der Waals surface area contributed by atoms with Crippen molar-refractivity contribution in [2.45, 2.75) is 13.5 Å². The van der Waals surface area contributed by atoms with E-state index in [1.54, 1.807) is 11.3 Å². The summed E-state index contributed by atoms with van der Waals surface area (Å²) in [5, 5.41) is 0. The lowest BCUT2D eigenvalue weighted by Crippen LogP contribution is -2.18. The first kappa shape index (κ1) is 8.01. The number of hydrogen-bond donors (Lipinski definition) is 1. The first-order chi connectivity index (χ1) is 5.79. The van der Waals surface area contributed by atoms with Crippen LogP contribution in [0, 0.1) is 3.95 Å². The van der Waals surface area contributed by atoms with Gasteiger partial charge in [0.1, 0.15) is 0 Å². The predicted molar refractivity (Wildman–Crippen MR) is 54.6 cm³/mol. The number of aromatic nitrogens is 1. The van der Waals surface area contributed by atoms with E-state index in [9.17, 15) is 0 Å². The summed E-state index contributed by atoms with van der Waals surface area (Å²) in [6.07, 6.45) is 4.25. The smallest absolute Gasteiger partial charge is 0.159 e. The predicted octanol–water partition coefficient (Wildman–Crippen LogP) is 2.61. The maximum absolute atomic E-state index is 5.07. The van der Waals surface area contributed by atoms with Gasteiger partial charge in [-0.1, -0.05) is 0 Å². The number of H-pyrrole nitrogens is 1. The van der Waals surface area contributed by atoms with Crippen molar-refractivity contribution in [2.24, 2.45) is 0 Å². The van der Waals surface area contributed by atoms with E-state index in [1.165, 1.54) is 10.6 Å². The van der Waals surface area contributed by atoms with Crippen molar-refractivity contribution in [2.75, 3.05) is 6.54 Å². The van der Waals surface area contributed by atoms with Crippen molar-refractivity contribution in [3.8, 4) is 0 Å². The summed E-state index contributed by atoms with van der Waals surface area (Å²) < 4.78 is 0.877. The third-order valence-corrected chi connectivity index (χ3v) is 3.20. The average molecular weight is 198 g/mol. The topological polar surface area (TPSA) is 19.0 Å². The molecule has 2 nitrogen and oxygen atoms in total. The molecule has 0 bridgehead atoms. The average Bonchev–Trinajstić information content (AvgIpc) is 2.43. The van der Waals surface area contributed by atoms with Crippen LogP contribution in [0.2, 0.25) is 0 Å². The number of aromatic amines is 1. The molecule has 1 aliphatic heterocycles. The fourth-order valence-electron chi connectivity index (χ4n) is 1.27. The van der Waals surface area contributed by atoms with Crippen molar-refractivity contribution < 1.29 is 0 Å². The summed E-state index contributed by atoms with van der Waals surface area (Å²) in [4.78, 5) is 6.73. The molecule has 0 fully saturated rings. The normalized spacial score (nSPS) is 14.9. The van der Waals surface area contributed by atoms with Crippen LogP contribution in [-0.4, -0.2) is 16.4 Å². The molecular formula is C8H10N2S2. The van der Waals surface area contributed by atoms with Gasteiger partial charge in [0, 0.05) is 12.7 Å². The Labute approximate surface area is 80.5 Å². The van der Waals surface area contributed by atoms with Crippen LogP contribution < -0.4 is 0 Å². The summed E-state index contributed by atoms with van der Waals surface area (Å²) in [7, 11) is 0. The minimum absolute atomic E-state index is 0.877. The summed E-state index contributed by atoms with van der Waals surface area (Å²) in [6, 6.07) is 0. The fourth-order valence-corrected chi connectivity index (χ4v) is 2.40. The van der Waals surface area contributed by atoms with Crippen molar-refractivity contribution in [1.29, 1.82) is 0 Å². The highest BCUT2D eigenvalue weighted by atomic mass is 32.1. The summed E-state index contributed by atoms with van der Waals surface area (Å²) in [5.41, 5.74) is 1.26. The second-order valence-corrected chi connectivity index (χ2v) is 4.46. The van der Waals surface area contributed by atoms with E-state index >= 15 is 0 Å². The van der Waals surface area contributed by atoms with Gasteiger partial charge in [0.05, 0.1) is 17.1 Å². The van der Waals surface area contributed by atoms with E-state index in [1.807, 2.05) is 0 Å². The third-order valence-electron chi connectivity index (χ3n) is 1.96. The molecule has 0 saturated heterocycles. The molecule has 0 amide bonds. The Bertz CT molecular complexity index is 361. The first-order valence-electron chi connectivity index (χ1n) is 3.94. The lowest BCUT2D eigenvalue weighted by molar-refractivity contribution is 0.383. The van der Waals surface area contributed by atoms with E-state index < -0.39 is 0 Å². The van der Waals surface area contributed by atoms with Gasteiger partial charge in [0.15, 0.2) is 3.95 Å². The molecule has 1 N–H and O–H groups in total. The molecule has 0 spiro atoms. The number of thiazole rings is 1. The Balaban J connectivity index is 2.38. The zero-order chi connectivity index (χ0) is 8.55. The summed E-state index contributed by atoms with van der Waals surface area (Å²) in [5.74, 6) is 0. The zero-order valence-corrected chi connectivity index (χ0v) is 8.47. The molecule has 0 unspecified atom stereocenters. The van der Waals surface area contributed by atoms with Gasteiger partial charge in [-0.3, -0.25) is 0 Å². The van der Waals surface area contributed by atoms with Crippen molar-refractivity contribution in [3.05, 3.63) is 20.7 Å². The maximum Gasteiger partial charge on any atom is 0.159 e. The highest BCUT2D eigenvalue weighted by Gasteiger charge is 2.10. The molecule has 4 heteroatoms. The van der Waals surface area contributed by atoms with E-state index in [-0.39, 0.29) is 0 Å². The van der Waals surface area contributed by atoms with Crippen LogP contribution in [0.5, 0.6) is 0 Å². The molecule has 12 heavy (non-hydrogen) atoms. The molecule has 64 valence electrons. The van der Waals surface area contributed by atoms with E-state index in [4.69, 9.17) is 12.2 Å². The zero-order valence-electron chi connectivity index (χ0n) is 6.83. The van der Waals surface area contributed by atoms with Gasteiger partial charge in [-0.2, -0.15) is 0 Å². The summed E-state index contributed by atoms with van der Waals surface area (Å²) >= 11 is 6.71. The first-order valence-corrected chi connectivity index (χ1v) is 5.16. The number of nitrogens with zero attached hydrogens (tertiary/aromatic N) is 1. The lowest BCUT2D eigenvalue weighted by atomic mass is 10.2. The van der Waals surface area contributed by atoms with Gasteiger partial charge in [0.25, 0.3) is 0 Å². The van der Waals surface area contributed by atoms with Gasteiger partial charge in [-0.15, -0.1) is 11.3 Å². The highest BCUT2D eigenvalue weighted by molar-refractivity contribution is 7.73. The van der Waals surface area contributed by atoms with Gasteiger partial charge in [0.2, 0.25) is 0 Å². The van der Waals surface area contributed by atoms with Crippen LogP contribution >= 0.6 is 23.6 Å². The van der Waals surface area contributed by atoms with E-state index in [0.29, 0.717) is 0 Å². The fraction of sp³-hybridized carbons (Fsp3) is 0.375. The Kier molecular flexibility index (Phi) is 2.02. The Morgan fingerprint density at radius 2 is 2.58 bits per heavy atom. The minimum Gasteiger partial charge on any atom is -0.372 e. The van der Waals surface area contributed by atoms with Crippen LogP contribution in [0.3, 0.4) is 0 Å². The van der Waals surface area contributed by atoms with Crippen LogP contribution in [-0.2, 0) is 6.54 Å². The van der Waals surface area contributed by atoms with E-state index in [0.717, 1.165) is 17.0 Å². The highest BCUT2D eigenvalue weighted by Crippen LogP contribution is 2.22. The maximum atomic E-state index is 5.07. The largest absolute Gasteiger partial charge is 0.372 e. The Morgan fingerprint density at radius 3 is 3.33 bits per heavy atom. The molecule has 0 radical (unpaired) electrons. The number of nitrogens with one attached hydrogen (secondary N) is 1. The van der Waals surface area contributed by atoms with Crippen LogP contribution in [0.25, 0.3) is 6.08 Å². The number of fused-ring (bicyclic) bond motifs is 1. The van der Waals surface area contributed by atoms with Crippen LogP contribution in [0.15, 0.2) is 6.20 Å². The molecule has 0 aliphatic carbocycles. The third kappa shape index (κ3) is 1.32. The molecule has 0 saturated carbocycles. The van der Waals surface area contributed by atoms with Crippen LogP contribution in [0.4, 0.5) is 0 Å². The van der Waals surface area contributed by atoms with Crippen molar-refractivity contribution in [1.82, 2.24) is 9.88 Å². The Hall–Kier alpha value is -0.610. The molecule has 2 heterocycles. The molecule has 1 aromatic rings. The monoisotopic (exact) mass is 198 g/mol. The van der Waals surface area contributed by atoms with Gasteiger partial charge >= 0.3 is 0 Å². The number of rotatable bonds is 1. The van der Waals surface area contributed by atoms with Gasteiger partial charge in [-0.05, 0) is 25.2 Å². The van der Waals surface area contributed by atoms with Gasteiger partial charge in [-0.25, -0.2) is 0 Å². The molecule has 0 atom stereocenters. The second kappa shape index (κ2) is 3.03. The Morgan fingerprint density at radius 1 is 1.75 bits per heavy atom. The lowest BCUT2D eigenvalue weighted by Gasteiger charge is -2.20. The van der Waals surface area contributed by atoms with Crippen LogP contribution in [0.1, 0.15) is 17.5 Å².